The molecule has 2 aromatic heterocycles. The maximum atomic E-state index is 5.88. The van der Waals surface area contributed by atoms with Crippen LogP contribution in [0.4, 0.5) is 5.95 Å². The number of rotatable bonds is 7. The van der Waals surface area contributed by atoms with Gasteiger partial charge in [0.05, 0.1) is 6.61 Å². The highest BCUT2D eigenvalue weighted by Crippen LogP contribution is 2.28. The smallest absolute Gasteiger partial charge is 0.256 e. The Labute approximate surface area is 121 Å². The van der Waals surface area contributed by atoms with Crippen molar-refractivity contribution in [2.24, 2.45) is 5.92 Å². The largest absolute Gasteiger partial charge is 0.379 e. The van der Waals surface area contributed by atoms with Gasteiger partial charge in [-0.1, -0.05) is 0 Å². The SMILES string of the molecule is Clc1nc(NCCOCC2CC2)nc(-n2cccn2)n1. The van der Waals surface area contributed by atoms with Crippen LogP contribution in [-0.2, 0) is 4.74 Å². The molecule has 106 valence electrons. The predicted molar refractivity (Wildman–Crippen MR) is 74.0 cm³/mol. The Balaban J connectivity index is 1.55. The van der Waals surface area contributed by atoms with E-state index in [1.807, 2.05) is 0 Å². The molecule has 1 fully saturated rings. The third-order valence-corrected chi connectivity index (χ3v) is 3.05. The molecule has 8 heteroatoms. The van der Waals surface area contributed by atoms with Crippen molar-refractivity contribution in [3.8, 4) is 5.95 Å². The number of hydrogen-bond acceptors (Lipinski definition) is 6. The molecular formula is C12H15ClN6O. The summed E-state index contributed by atoms with van der Waals surface area (Å²) in [6.07, 6.45) is 5.98. The van der Waals surface area contributed by atoms with E-state index < -0.39 is 0 Å². The first-order chi connectivity index (χ1) is 9.81. The molecule has 7 nitrogen and oxygen atoms in total. The molecular weight excluding hydrogens is 280 g/mol. The minimum atomic E-state index is 0.131. The summed E-state index contributed by atoms with van der Waals surface area (Å²) in [4.78, 5) is 12.3. The van der Waals surface area contributed by atoms with Crippen LogP contribution in [0.3, 0.4) is 0 Å². The van der Waals surface area contributed by atoms with Gasteiger partial charge in [-0.15, -0.1) is 0 Å². The first-order valence-corrected chi connectivity index (χ1v) is 6.92. The standard InChI is InChI=1S/C12H15ClN6O/c13-10-16-11(14-5-7-20-8-9-2-3-9)18-12(17-10)19-6-1-4-15-19/h1,4,6,9H,2-3,5,7-8H2,(H,14,16,17,18). The average Bonchev–Trinajstić information content (AvgIpc) is 3.09. The van der Waals surface area contributed by atoms with Crippen LogP contribution in [0, 0.1) is 5.92 Å². The van der Waals surface area contributed by atoms with E-state index in [0.29, 0.717) is 25.0 Å². The third-order valence-electron chi connectivity index (χ3n) is 2.89. The number of hydrogen-bond donors (Lipinski definition) is 1. The molecule has 0 spiro atoms. The van der Waals surface area contributed by atoms with Crippen LogP contribution in [0.5, 0.6) is 0 Å². The van der Waals surface area contributed by atoms with Crippen LogP contribution in [0.25, 0.3) is 5.95 Å². The highest BCUT2D eigenvalue weighted by atomic mass is 35.5. The maximum absolute atomic E-state index is 5.88. The van der Waals surface area contributed by atoms with Gasteiger partial charge in [0, 0.05) is 25.5 Å². The average molecular weight is 295 g/mol. The summed E-state index contributed by atoms with van der Waals surface area (Å²) in [5.41, 5.74) is 0. The number of aromatic nitrogens is 5. The number of nitrogens with one attached hydrogen (secondary N) is 1. The predicted octanol–water partition coefficient (Wildman–Crippen LogP) is 1.55. The quantitative estimate of drug-likeness (QED) is 0.781. The van der Waals surface area contributed by atoms with Crippen LogP contribution in [0.15, 0.2) is 18.5 Å². The summed E-state index contributed by atoms with van der Waals surface area (Å²) in [5.74, 6) is 1.58. The Morgan fingerprint density at radius 1 is 1.35 bits per heavy atom. The van der Waals surface area contributed by atoms with Crippen molar-refractivity contribution in [2.45, 2.75) is 12.8 Å². The van der Waals surface area contributed by atoms with Crippen molar-refractivity contribution in [1.82, 2.24) is 24.7 Å². The second kappa shape index (κ2) is 6.15. The van der Waals surface area contributed by atoms with E-state index in [-0.39, 0.29) is 5.28 Å². The van der Waals surface area contributed by atoms with E-state index in [1.165, 1.54) is 17.5 Å². The molecule has 20 heavy (non-hydrogen) atoms. The Hall–Kier alpha value is -1.73. The fraction of sp³-hybridized carbons (Fsp3) is 0.500. The van der Waals surface area contributed by atoms with E-state index >= 15 is 0 Å². The van der Waals surface area contributed by atoms with Gasteiger partial charge in [0.2, 0.25) is 11.2 Å². The topological polar surface area (TPSA) is 77.8 Å². The molecule has 0 atom stereocenters. The zero-order chi connectivity index (χ0) is 13.8. The van der Waals surface area contributed by atoms with E-state index in [2.05, 4.69) is 25.4 Å². The zero-order valence-electron chi connectivity index (χ0n) is 10.9. The molecule has 3 rings (SSSR count). The van der Waals surface area contributed by atoms with E-state index in [9.17, 15) is 0 Å². The van der Waals surface area contributed by atoms with Crippen LogP contribution in [0.2, 0.25) is 5.28 Å². The summed E-state index contributed by atoms with van der Waals surface area (Å²) < 4.78 is 7.06. The fourth-order valence-corrected chi connectivity index (χ4v) is 1.83. The monoisotopic (exact) mass is 294 g/mol. The molecule has 1 N–H and O–H groups in total. The van der Waals surface area contributed by atoms with Gasteiger partial charge < -0.3 is 10.1 Å². The van der Waals surface area contributed by atoms with Gasteiger partial charge >= 0.3 is 0 Å². The molecule has 0 saturated heterocycles. The number of nitrogens with zero attached hydrogens (tertiary/aromatic N) is 5. The lowest BCUT2D eigenvalue weighted by molar-refractivity contribution is 0.133. The van der Waals surface area contributed by atoms with Crippen LogP contribution >= 0.6 is 11.6 Å². The lowest BCUT2D eigenvalue weighted by Crippen LogP contribution is -2.14. The molecule has 0 amide bonds. The van der Waals surface area contributed by atoms with Gasteiger partial charge in [0.1, 0.15) is 0 Å². The summed E-state index contributed by atoms with van der Waals surface area (Å²) in [5, 5.41) is 7.26. The van der Waals surface area contributed by atoms with E-state index in [1.54, 1.807) is 18.5 Å². The van der Waals surface area contributed by atoms with Gasteiger partial charge in [-0.3, -0.25) is 0 Å². The van der Waals surface area contributed by atoms with Crippen LogP contribution < -0.4 is 5.32 Å². The second-order valence-electron chi connectivity index (χ2n) is 4.62. The molecule has 0 radical (unpaired) electrons. The Kier molecular flexibility index (Phi) is 4.08. The molecule has 1 saturated carbocycles. The Bertz CT molecular complexity index is 557. The van der Waals surface area contributed by atoms with Crippen molar-refractivity contribution in [2.75, 3.05) is 25.1 Å². The fourth-order valence-electron chi connectivity index (χ4n) is 1.68. The number of anilines is 1. The molecule has 2 heterocycles. The molecule has 2 aromatic rings. The Morgan fingerprint density at radius 2 is 2.25 bits per heavy atom. The summed E-state index contributed by atoms with van der Waals surface area (Å²) in [6, 6.07) is 1.79. The molecule has 0 bridgehead atoms. The minimum absolute atomic E-state index is 0.131. The van der Waals surface area contributed by atoms with E-state index in [0.717, 1.165) is 12.5 Å². The van der Waals surface area contributed by atoms with Gasteiger partial charge in [-0.25, -0.2) is 4.68 Å². The van der Waals surface area contributed by atoms with Gasteiger partial charge in [-0.05, 0) is 36.4 Å². The van der Waals surface area contributed by atoms with Crippen LogP contribution in [0.1, 0.15) is 12.8 Å². The van der Waals surface area contributed by atoms with Crippen LogP contribution in [-0.4, -0.2) is 44.5 Å². The zero-order valence-corrected chi connectivity index (χ0v) is 11.6. The number of ether oxygens (including phenoxy) is 1. The van der Waals surface area contributed by atoms with Crippen molar-refractivity contribution in [1.29, 1.82) is 0 Å². The second-order valence-corrected chi connectivity index (χ2v) is 4.96. The molecule has 1 aliphatic carbocycles. The van der Waals surface area contributed by atoms with Gasteiger partial charge in [0.25, 0.3) is 5.95 Å². The van der Waals surface area contributed by atoms with Crippen molar-refractivity contribution < 1.29 is 4.74 Å². The number of halogens is 1. The molecule has 1 aliphatic rings. The maximum Gasteiger partial charge on any atom is 0.256 e. The third kappa shape index (κ3) is 3.64. The van der Waals surface area contributed by atoms with Gasteiger partial charge in [-0.2, -0.15) is 20.1 Å². The molecule has 0 aliphatic heterocycles. The minimum Gasteiger partial charge on any atom is -0.379 e. The van der Waals surface area contributed by atoms with Gasteiger partial charge in [0.15, 0.2) is 0 Å². The normalized spacial score (nSPS) is 14.4. The van der Waals surface area contributed by atoms with Crippen molar-refractivity contribution in [3.63, 3.8) is 0 Å². The summed E-state index contributed by atoms with van der Waals surface area (Å²) in [6.45, 7) is 2.10. The van der Waals surface area contributed by atoms with Crippen molar-refractivity contribution in [3.05, 3.63) is 23.7 Å². The highest BCUT2D eigenvalue weighted by molar-refractivity contribution is 6.28. The lowest BCUT2D eigenvalue weighted by Gasteiger charge is -2.07. The first kappa shape index (κ1) is 13.3. The lowest BCUT2D eigenvalue weighted by atomic mass is 10.5. The van der Waals surface area contributed by atoms with E-state index in [4.69, 9.17) is 16.3 Å². The van der Waals surface area contributed by atoms with Crippen molar-refractivity contribution >= 4 is 17.5 Å². The Morgan fingerprint density at radius 3 is 3.00 bits per heavy atom. The summed E-state index contributed by atoms with van der Waals surface area (Å²) >= 11 is 5.88. The highest BCUT2D eigenvalue weighted by Gasteiger charge is 2.20. The molecule has 0 unspecified atom stereocenters. The summed E-state index contributed by atoms with van der Waals surface area (Å²) in [7, 11) is 0. The molecule has 0 aromatic carbocycles. The first-order valence-electron chi connectivity index (χ1n) is 6.54.